The van der Waals surface area contributed by atoms with Gasteiger partial charge in [0.2, 0.25) is 5.76 Å². The molecule has 0 bridgehead atoms. The first-order valence-corrected chi connectivity index (χ1v) is 9.08. The molecule has 2 aromatic carbocycles. The average Bonchev–Trinajstić information content (AvgIpc) is 3.24. The van der Waals surface area contributed by atoms with Crippen molar-refractivity contribution in [3.63, 3.8) is 0 Å². The third-order valence-corrected chi connectivity index (χ3v) is 4.75. The number of hydrogen-bond donors (Lipinski definition) is 1. The summed E-state index contributed by atoms with van der Waals surface area (Å²) in [5.41, 5.74) is -0.0943. The lowest BCUT2D eigenvalue weighted by atomic mass is 10.1. The molecular weight excluding hydrogens is 396 g/mol. The minimum Gasteiger partial charge on any atom is -0.489 e. The van der Waals surface area contributed by atoms with Gasteiger partial charge in [0, 0.05) is 18.7 Å². The summed E-state index contributed by atoms with van der Waals surface area (Å²) < 4.78 is 39.5. The molecule has 0 spiro atoms. The molecule has 154 valence electrons. The highest BCUT2D eigenvalue weighted by atomic mass is 19.3. The van der Waals surface area contributed by atoms with Gasteiger partial charge in [-0.3, -0.25) is 9.59 Å². The summed E-state index contributed by atoms with van der Waals surface area (Å²) in [6.07, 6.45) is 0. The number of likely N-dealkylation sites (N-methyl/N-ethyl adjacent to an activating group) is 1. The van der Waals surface area contributed by atoms with Crippen LogP contribution in [0.1, 0.15) is 21.8 Å². The first-order valence-electron chi connectivity index (χ1n) is 9.08. The molecule has 7 nitrogen and oxygen atoms in total. The number of carbonyl (C=O) groups is 2. The molecule has 0 aliphatic carbocycles. The van der Waals surface area contributed by atoms with Crippen LogP contribution in [0.5, 0.6) is 5.75 Å². The number of hydrogen-bond acceptors (Lipinski definition) is 5. The lowest BCUT2D eigenvalue weighted by Crippen LogP contribution is -2.49. The number of nitrogens with one attached hydrogen (secondary N) is 1. The first kappa shape index (κ1) is 19.6. The topological polar surface area (TPSA) is 84.7 Å². The summed E-state index contributed by atoms with van der Waals surface area (Å²) >= 11 is 0. The Morgan fingerprint density at radius 3 is 2.63 bits per heavy atom. The number of benzene rings is 2. The zero-order chi connectivity index (χ0) is 21.3. The Balaban J connectivity index is 1.51. The minimum absolute atomic E-state index is 0.114. The highest BCUT2D eigenvalue weighted by Crippen LogP contribution is 2.35. The van der Waals surface area contributed by atoms with Gasteiger partial charge in [-0.2, -0.15) is 8.78 Å². The van der Waals surface area contributed by atoms with E-state index in [1.54, 1.807) is 37.4 Å². The van der Waals surface area contributed by atoms with Crippen LogP contribution < -0.4 is 15.0 Å². The van der Waals surface area contributed by atoms with E-state index >= 15 is 0 Å². The zero-order valence-electron chi connectivity index (χ0n) is 15.8. The summed E-state index contributed by atoms with van der Waals surface area (Å²) in [5.74, 6) is -4.97. The van der Waals surface area contributed by atoms with E-state index in [1.165, 1.54) is 29.2 Å². The number of halogens is 2. The second-order valence-electron chi connectivity index (χ2n) is 6.72. The number of anilines is 1. The van der Waals surface area contributed by atoms with Crippen molar-refractivity contribution >= 4 is 17.5 Å². The molecule has 1 N–H and O–H groups in total. The van der Waals surface area contributed by atoms with Gasteiger partial charge >= 0.3 is 5.92 Å². The van der Waals surface area contributed by atoms with Crippen LogP contribution in [0.25, 0.3) is 0 Å². The maximum absolute atomic E-state index is 14.6. The number of aromatic nitrogens is 1. The van der Waals surface area contributed by atoms with Crippen molar-refractivity contribution in [1.29, 1.82) is 0 Å². The number of amides is 2. The number of para-hydroxylation sites is 2. The third-order valence-electron chi connectivity index (χ3n) is 4.75. The molecule has 0 saturated heterocycles. The van der Waals surface area contributed by atoms with Crippen LogP contribution in [0, 0.1) is 0 Å². The number of carbonyl (C=O) groups excluding carboxylic acids is 2. The number of fused-ring (bicyclic) bond motifs is 1. The van der Waals surface area contributed by atoms with Crippen molar-refractivity contribution < 1.29 is 27.6 Å². The molecule has 0 fully saturated rings. The van der Waals surface area contributed by atoms with E-state index in [0.717, 1.165) is 6.07 Å². The van der Waals surface area contributed by atoms with Crippen LogP contribution in [0.3, 0.4) is 0 Å². The van der Waals surface area contributed by atoms with Gasteiger partial charge in [0.1, 0.15) is 18.4 Å². The highest BCUT2D eigenvalue weighted by Gasteiger charge is 2.39. The Morgan fingerprint density at radius 2 is 1.87 bits per heavy atom. The van der Waals surface area contributed by atoms with E-state index in [4.69, 9.17) is 9.26 Å². The smallest absolute Gasteiger partial charge is 0.332 e. The Morgan fingerprint density at radius 1 is 1.17 bits per heavy atom. The lowest BCUT2D eigenvalue weighted by molar-refractivity contribution is -0.120. The average molecular weight is 413 g/mol. The van der Waals surface area contributed by atoms with E-state index in [1.807, 2.05) is 0 Å². The van der Waals surface area contributed by atoms with Crippen LogP contribution in [-0.2, 0) is 10.7 Å². The molecule has 4 rings (SSSR count). The van der Waals surface area contributed by atoms with Gasteiger partial charge in [0.15, 0.2) is 5.69 Å². The summed E-state index contributed by atoms with van der Waals surface area (Å²) in [5, 5.41) is 5.92. The van der Waals surface area contributed by atoms with E-state index in [9.17, 15) is 18.4 Å². The largest absolute Gasteiger partial charge is 0.489 e. The van der Waals surface area contributed by atoms with Gasteiger partial charge in [0.05, 0.1) is 5.69 Å². The molecule has 0 radical (unpaired) electrons. The van der Waals surface area contributed by atoms with Crippen LogP contribution >= 0.6 is 0 Å². The first-order chi connectivity index (χ1) is 14.4. The number of ether oxygens (including phenoxy) is 1. The van der Waals surface area contributed by atoms with Gasteiger partial charge in [-0.05, 0) is 12.1 Å². The SMILES string of the molecule is CN1C(=O)C(NC(=O)c2cc(C(F)(F)c3ccccc3)on2)COc2ccccc21. The summed E-state index contributed by atoms with van der Waals surface area (Å²) in [7, 11) is 1.56. The Labute approximate surface area is 170 Å². The molecule has 30 heavy (non-hydrogen) atoms. The molecular formula is C21H17F2N3O4. The van der Waals surface area contributed by atoms with Crippen LogP contribution in [0.15, 0.2) is 65.2 Å². The molecule has 1 aliphatic rings. The standard InChI is InChI=1S/C21H17F2N3O4/c1-26-16-9-5-6-10-17(16)29-12-15(20(26)28)24-19(27)14-11-18(30-25-14)21(22,23)13-7-3-2-4-8-13/h2-11,15H,12H2,1H3,(H,24,27). The maximum atomic E-state index is 14.6. The molecule has 1 atom stereocenters. The number of rotatable bonds is 4. The zero-order valence-corrected chi connectivity index (χ0v) is 15.8. The molecule has 3 aromatic rings. The number of nitrogens with zero attached hydrogens (tertiary/aromatic N) is 2. The van der Waals surface area contributed by atoms with Gasteiger partial charge < -0.3 is 19.5 Å². The fourth-order valence-corrected chi connectivity index (χ4v) is 3.11. The van der Waals surface area contributed by atoms with E-state index in [2.05, 4.69) is 10.5 Å². The van der Waals surface area contributed by atoms with Gasteiger partial charge in [0.25, 0.3) is 11.8 Å². The van der Waals surface area contributed by atoms with Crippen molar-refractivity contribution in [1.82, 2.24) is 10.5 Å². The fourth-order valence-electron chi connectivity index (χ4n) is 3.11. The van der Waals surface area contributed by atoms with Crippen LogP contribution in [0.2, 0.25) is 0 Å². The van der Waals surface area contributed by atoms with Crippen molar-refractivity contribution in [2.24, 2.45) is 0 Å². The van der Waals surface area contributed by atoms with Gasteiger partial charge in [-0.15, -0.1) is 0 Å². The monoisotopic (exact) mass is 413 g/mol. The predicted octanol–water partition coefficient (Wildman–Crippen LogP) is 2.97. The normalized spacial score (nSPS) is 16.4. The van der Waals surface area contributed by atoms with E-state index < -0.39 is 29.5 Å². The predicted molar refractivity (Wildman–Crippen MR) is 103 cm³/mol. The Bertz CT molecular complexity index is 1080. The Kier molecular flexibility index (Phi) is 4.94. The maximum Gasteiger partial charge on any atom is 0.332 e. The van der Waals surface area contributed by atoms with Gasteiger partial charge in [-0.1, -0.05) is 47.6 Å². The van der Waals surface area contributed by atoms with Crippen molar-refractivity contribution in [2.75, 3.05) is 18.6 Å². The quantitative estimate of drug-likeness (QED) is 0.711. The highest BCUT2D eigenvalue weighted by molar-refractivity contribution is 6.02. The molecule has 1 aromatic heterocycles. The fraction of sp³-hybridized carbons (Fsp3) is 0.190. The van der Waals surface area contributed by atoms with Crippen LogP contribution in [-0.4, -0.2) is 36.7 Å². The lowest BCUT2D eigenvalue weighted by Gasteiger charge is -2.19. The molecule has 2 amide bonds. The minimum atomic E-state index is -3.46. The van der Waals surface area contributed by atoms with Crippen molar-refractivity contribution in [2.45, 2.75) is 12.0 Å². The second kappa shape index (κ2) is 7.58. The Hall–Kier alpha value is -3.75. The van der Waals surface area contributed by atoms with Crippen molar-refractivity contribution in [3.8, 4) is 5.75 Å². The molecule has 1 aliphatic heterocycles. The van der Waals surface area contributed by atoms with Crippen molar-refractivity contribution in [3.05, 3.63) is 77.7 Å². The summed E-state index contributed by atoms with van der Waals surface area (Å²) in [6, 6.07) is 13.8. The summed E-state index contributed by atoms with van der Waals surface area (Å²) in [4.78, 5) is 26.6. The van der Waals surface area contributed by atoms with Crippen LogP contribution in [0.4, 0.5) is 14.5 Å². The molecule has 0 saturated carbocycles. The molecule has 9 heteroatoms. The molecule has 2 heterocycles. The summed E-state index contributed by atoms with van der Waals surface area (Å²) in [6.45, 7) is -0.114. The third kappa shape index (κ3) is 3.49. The van der Waals surface area contributed by atoms with Gasteiger partial charge in [-0.25, -0.2) is 0 Å². The molecule has 1 unspecified atom stereocenters. The van der Waals surface area contributed by atoms with E-state index in [0.29, 0.717) is 11.4 Å². The number of alkyl halides is 2. The second-order valence-corrected chi connectivity index (χ2v) is 6.72. The van der Waals surface area contributed by atoms with E-state index in [-0.39, 0.29) is 17.9 Å².